The van der Waals surface area contributed by atoms with Gasteiger partial charge in [-0.1, -0.05) is 18.2 Å². The lowest BCUT2D eigenvalue weighted by molar-refractivity contribution is -0.125. The number of aromatic hydroxyl groups is 1. The Hall–Kier alpha value is -2.58. The number of carbonyl (C=O) groups is 1. The standard InChI is InChI=1S/C16H14N2O2S/c1-18(11-15-6-3-7-21-15)16(20)13(10-17)8-12-4-2-5-14(19)9-12/h2-9,19H,11H2,1H3/b13-8+. The first-order valence-electron chi connectivity index (χ1n) is 6.29. The monoisotopic (exact) mass is 298 g/mol. The van der Waals surface area contributed by atoms with Crippen LogP contribution < -0.4 is 0 Å². The first-order chi connectivity index (χ1) is 10.1. The summed E-state index contributed by atoms with van der Waals surface area (Å²) < 4.78 is 0. The Bertz CT molecular complexity index is 699. The van der Waals surface area contributed by atoms with Crippen molar-refractivity contribution < 1.29 is 9.90 Å². The molecule has 0 saturated carbocycles. The third-order valence-electron chi connectivity index (χ3n) is 2.85. The van der Waals surface area contributed by atoms with E-state index in [1.807, 2.05) is 23.6 Å². The number of amides is 1. The van der Waals surface area contributed by atoms with Crippen LogP contribution in [-0.4, -0.2) is 23.0 Å². The molecule has 0 unspecified atom stereocenters. The molecule has 1 heterocycles. The van der Waals surface area contributed by atoms with E-state index in [1.165, 1.54) is 23.1 Å². The molecule has 0 spiro atoms. The topological polar surface area (TPSA) is 64.3 Å². The molecule has 0 atom stereocenters. The Labute approximate surface area is 127 Å². The molecular weight excluding hydrogens is 284 g/mol. The molecule has 21 heavy (non-hydrogen) atoms. The Morgan fingerprint density at radius 3 is 2.86 bits per heavy atom. The van der Waals surface area contributed by atoms with Gasteiger partial charge in [-0.25, -0.2) is 0 Å². The van der Waals surface area contributed by atoms with Crippen molar-refractivity contribution in [3.63, 3.8) is 0 Å². The SMILES string of the molecule is CN(Cc1cccs1)C(=O)/C(C#N)=C/c1cccc(O)c1. The lowest BCUT2D eigenvalue weighted by Crippen LogP contribution is -2.26. The fourth-order valence-corrected chi connectivity index (χ4v) is 2.59. The molecular formula is C16H14N2O2S. The fourth-order valence-electron chi connectivity index (χ4n) is 1.84. The number of carbonyl (C=O) groups excluding carboxylic acids is 1. The van der Waals surface area contributed by atoms with Crippen LogP contribution in [0.1, 0.15) is 10.4 Å². The molecule has 1 amide bonds. The van der Waals surface area contributed by atoms with Crippen molar-refractivity contribution in [1.82, 2.24) is 4.90 Å². The van der Waals surface area contributed by atoms with Crippen LogP contribution in [0.25, 0.3) is 6.08 Å². The number of rotatable bonds is 4. The van der Waals surface area contributed by atoms with Gasteiger partial charge in [0, 0.05) is 11.9 Å². The minimum absolute atomic E-state index is 0.0413. The van der Waals surface area contributed by atoms with Crippen LogP contribution in [0.3, 0.4) is 0 Å². The molecule has 0 fully saturated rings. The van der Waals surface area contributed by atoms with Gasteiger partial charge in [-0.2, -0.15) is 5.26 Å². The maximum Gasteiger partial charge on any atom is 0.264 e. The Balaban J connectivity index is 2.17. The van der Waals surface area contributed by atoms with E-state index in [1.54, 1.807) is 30.5 Å². The molecule has 1 N–H and O–H groups in total. The molecule has 5 heteroatoms. The summed E-state index contributed by atoms with van der Waals surface area (Å²) in [5.74, 6) is -0.241. The van der Waals surface area contributed by atoms with Crippen LogP contribution in [0.2, 0.25) is 0 Å². The number of phenolic OH excluding ortho intramolecular Hbond substituents is 1. The number of benzene rings is 1. The average molecular weight is 298 g/mol. The summed E-state index contributed by atoms with van der Waals surface area (Å²) in [5.41, 5.74) is 0.657. The van der Waals surface area contributed by atoms with Gasteiger partial charge in [0.25, 0.3) is 5.91 Å². The summed E-state index contributed by atoms with van der Waals surface area (Å²) in [6.45, 7) is 0.468. The molecule has 1 aromatic carbocycles. The van der Waals surface area contributed by atoms with Crippen molar-refractivity contribution in [1.29, 1.82) is 5.26 Å². The van der Waals surface area contributed by atoms with Crippen LogP contribution in [0.5, 0.6) is 5.75 Å². The minimum Gasteiger partial charge on any atom is -0.508 e. The Morgan fingerprint density at radius 2 is 2.24 bits per heavy atom. The highest BCUT2D eigenvalue weighted by atomic mass is 32.1. The third-order valence-corrected chi connectivity index (χ3v) is 3.71. The van der Waals surface area contributed by atoms with Crippen molar-refractivity contribution >= 4 is 23.3 Å². The summed E-state index contributed by atoms with van der Waals surface area (Å²) in [6.07, 6.45) is 1.48. The second kappa shape index (κ2) is 6.73. The third kappa shape index (κ3) is 3.94. The van der Waals surface area contributed by atoms with Gasteiger partial charge >= 0.3 is 0 Å². The number of hydrogen-bond donors (Lipinski definition) is 1. The quantitative estimate of drug-likeness (QED) is 0.697. The maximum absolute atomic E-state index is 12.3. The predicted octanol–water partition coefficient (Wildman–Crippen LogP) is 3.02. The van der Waals surface area contributed by atoms with E-state index < -0.39 is 0 Å². The van der Waals surface area contributed by atoms with Gasteiger partial charge < -0.3 is 10.0 Å². The van der Waals surface area contributed by atoms with E-state index in [2.05, 4.69) is 0 Å². The van der Waals surface area contributed by atoms with Gasteiger partial charge in [0.05, 0.1) is 6.54 Å². The van der Waals surface area contributed by atoms with Crippen molar-refractivity contribution in [2.45, 2.75) is 6.54 Å². The Kier molecular flexibility index (Phi) is 4.75. The van der Waals surface area contributed by atoms with E-state index in [-0.39, 0.29) is 17.2 Å². The molecule has 106 valence electrons. The lowest BCUT2D eigenvalue weighted by Gasteiger charge is -2.15. The molecule has 0 bridgehead atoms. The van der Waals surface area contributed by atoms with Gasteiger partial charge in [0.2, 0.25) is 0 Å². The predicted molar refractivity (Wildman–Crippen MR) is 82.5 cm³/mol. The van der Waals surface area contributed by atoms with Crippen LogP contribution in [0, 0.1) is 11.3 Å². The molecule has 0 saturated heterocycles. The molecule has 0 aliphatic carbocycles. The number of phenols is 1. The molecule has 2 aromatic rings. The van der Waals surface area contributed by atoms with Crippen LogP contribution in [-0.2, 0) is 11.3 Å². The van der Waals surface area contributed by atoms with Gasteiger partial charge in [-0.05, 0) is 35.2 Å². The van der Waals surface area contributed by atoms with E-state index >= 15 is 0 Å². The van der Waals surface area contributed by atoms with Gasteiger partial charge in [0.15, 0.2) is 0 Å². The fraction of sp³-hybridized carbons (Fsp3) is 0.125. The van der Waals surface area contributed by atoms with Crippen molar-refractivity contribution in [3.8, 4) is 11.8 Å². The van der Waals surface area contributed by atoms with Crippen LogP contribution in [0.15, 0.2) is 47.4 Å². The van der Waals surface area contributed by atoms with E-state index in [9.17, 15) is 15.2 Å². The normalized spacial score (nSPS) is 11.0. The highest BCUT2D eigenvalue weighted by molar-refractivity contribution is 7.09. The highest BCUT2D eigenvalue weighted by Crippen LogP contribution is 2.16. The first kappa shape index (κ1) is 14.8. The largest absolute Gasteiger partial charge is 0.508 e. The smallest absolute Gasteiger partial charge is 0.264 e. The maximum atomic E-state index is 12.3. The van der Waals surface area contributed by atoms with Crippen molar-refractivity contribution in [3.05, 3.63) is 57.8 Å². The van der Waals surface area contributed by atoms with E-state index in [0.29, 0.717) is 12.1 Å². The molecule has 0 aliphatic heterocycles. The van der Waals surface area contributed by atoms with Crippen molar-refractivity contribution in [2.24, 2.45) is 0 Å². The summed E-state index contributed by atoms with van der Waals surface area (Å²) >= 11 is 1.56. The summed E-state index contributed by atoms with van der Waals surface area (Å²) in [4.78, 5) is 14.8. The summed E-state index contributed by atoms with van der Waals surface area (Å²) in [5, 5.41) is 20.5. The summed E-state index contributed by atoms with van der Waals surface area (Å²) in [6, 6.07) is 12.2. The molecule has 0 aliphatic rings. The van der Waals surface area contributed by atoms with Gasteiger partial charge in [-0.15, -0.1) is 11.3 Å². The van der Waals surface area contributed by atoms with Crippen molar-refractivity contribution in [2.75, 3.05) is 7.05 Å². The zero-order valence-corrected chi connectivity index (χ0v) is 12.3. The first-order valence-corrected chi connectivity index (χ1v) is 7.17. The van der Waals surface area contributed by atoms with Gasteiger partial charge in [-0.3, -0.25) is 4.79 Å². The summed E-state index contributed by atoms with van der Waals surface area (Å²) in [7, 11) is 1.66. The average Bonchev–Trinajstić information content (AvgIpc) is 2.97. The number of nitriles is 1. The van der Waals surface area contributed by atoms with Crippen LogP contribution >= 0.6 is 11.3 Å². The number of thiophene rings is 1. The highest BCUT2D eigenvalue weighted by Gasteiger charge is 2.15. The number of likely N-dealkylation sites (N-methyl/N-ethyl adjacent to an activating group) is 1. The van der Waals surface area contributed by atoms with E-state index in [4.69, 9.17) is 0 Å². The van der Waals surface area contributed by atoms with Gasteiger partial charge in [0.1, 0.15) is 17.4 Å². The molecule has 2 rings (SSSR count). The zero-order valence-electron chi connectivity index (χ0n) is 11.5. The molecule has 4 nitrogen and oxygen atoms in total. The van der Waals surface area contributed by atoms with E-state index in [0.717, 1.165) is 4.88 Å². The van der Waals surface area contributed by atoms with Crippen LogP contribution in [0.4, 0.5) is 0 Å². The second-order valence-electron chi connectivity index (χ2n) is 4.51. The molecule has 1 aromatic heterocycles. The zero-order chi connectivity index (χ0) is 15.2. The lowest BCUT2D eigenvalue weighted by atomic mass is 10.1. The Morgan fingerprint density at radius 1 is 1.43 bits per heavy atom. The second-order valence-corrected chi connectivity index (χ2v) is 5.54. The molecule has 0 radical (unpaired) electrons. The number of hydrogen-bond acceptors (Lipinski definition) is 4. The number of nitrogens with zero attached hydrogens (tertiary/aromatic N) is 2. The minimum atomic E-state index is -0.339.